The van der Waals surface area contributed by atoms with Crippen molar-refractivity contribution < 1.29 is 4.74 Å². The first-order valence-corrected chi connectivity index (χ1v) is 4.65. The van der Waals surface area contributed by atoms with E-state index in [9.17, 15) is 0 Å². The van der Waals surface area contributed by atoms with Crippen molar-refractivity contribution in [2.75, 3.05) is 7.11 Å². The molecule has 0 aliphatic carbocycles. The van der Waals surface area contributed by atoms with Crippen molar-refractivity contribution in [2.24, 2.45) is 0 Å². The molecular formula is C13H16O. The molecule has 0 spiro atoms. The lowest BCUT2D eigenvalue weighted by Gasteiger charge is -2.08. The molecular weight excluding hydrogens is 172 g/mol. The fourth-order valence-electron chi connectivity index (χ4n) is 1.36. The van der Waals surface area contributed by atoms with Gasteiger partial charge in [-0.15, -0.1) is 0 Å². The van der Waals surface area contributed by atoms with Gasteiger partial charge < -0.3 is 4.74 Å². The van der Waals surface area contributed by atoms with Crippen molar-refractivity contribution in [1.29, 1.82) is 0 Å². The molecule has 0 bridgehead atoms. The summed E-state index contributed by atoms with van der Waals surface area (Å²) in [4.78, 5) is 0. The summed E-state index contributed by atoms with van der Waals surface area (Å²) < 4.78 is 5.17. The standard InChI is InChI=1S/C13H16O/c1-5-6-11-7-8-12(14-4)9-13(11)10(2)3/h5-9H,2H2,1,3-4H3/b6-5-. The highest BCUT2D eigenvalue weighted by atomic mass is 16.5. The molecule has 74 valence electrons. The van der Waals surface area contributed by atoms with Gasteiger partial charge in [-0.05, 0) is 37.1 Å². The normalized spacial score (nSPS) is 10.5. The summed E-state index contributed by atoms with van der Waals surface area (Å²) in [7, 11) is 1.67. The highest BCUT2D eigenvalue weighted by Crippen LogP contribution is 2.24. The third kappa shape index (κ3) is 2.25. The summed E-state index contributed by atoms with van der Waals surface area (Å²) in [5.41, 5.74) is 3.38. The van der Waals surface area contributed by atoms with Crippen LogP contribution in [0, 0.1) is 0 Å². The van der Waals surface area contributed by atoms with E-state index in [4.69, 9.17) is 4.74 Å². The molecule has 0 aromatic heterocycles. The molecule has 0 unspecified atom stereocenters. The van der Waals surface area contributed by atoms with E-state index >= 15 is 0 Å². The Morgan fingerprint density at radius 1 is 1.43 bits per heavy atom. The Bertz CT molecular complexity index is 361. The maximum Gasteiger partial charge on any atom is 0.119 e. The Labute approximate surface area is 85.7 Å². The molecule has 0 atom stereocenters. The van der Waals surface area contributed by atoms with Crippen LogP contribution in [-0.4, -0.2) is 7.11 Å². The van der Waals surface area contributed by atoms with Gasteiger partial charge in [-0.3, -0.25) is 0 Å². The van der Waals surface area contributed by atoms with Crippen molar-refractivity contribution in [3.63, 3.8) is 0 Å². The molecule has 0 N–H and O–H groups in total. The summed E-state index contributed by atoms with van der Waals surface area (Å²) >= 11 is 0. The van der Waals surface area contributed by atoms with E-state index < -0.39 is 0 Å². The number of benzene rings is 1. The van der Waals surface area contributed by atoms with Gasteiger partial charge in [-0.25, -0.2) is 0 Å². The number of hydrogen-bond acceptors (Lipinski definition) is 1. The lowest BCUT2D eigenvalue weighted by atomic mass is 10.0. The molecule has 1 nitrogen and oxygen atoms in total. The molecule has 0 saturated heterocycles. The minimum absolute atomic E-state index is 0.872. The lowest BCUT2D eigenvalue weighted by Crippen LogP contribution is -1.88. The molecule has 1 aromatic rings. The number of rotatable bonds is 3. The Morgan fingerprint density at radius 3 is 2.64 bits per heavy atom. The van der Waals surface area contributed by atoms with Crippen molar-refractivity contribution in [3.05, 3.63) is 42.0 Å². The van der Waals surface area contributed by atoms with Gasteiger partial charge in [0.25, 0.3) is 0 Å². The molecule has 0 fully saturated rings. The van der Waals surface area contributed by atoms with Crippen LogP contribution in [-0.2, 0) is 0 Å². The molecule has 0 aliphatic rings. The van der Waals surface area contributed by atoms with E-state index in [2.05, 4.69) is 12.7 Å². The van der Waals surface area contributed by atoms with E-state index in [1.54, 1.807) is 7.11 Å². The zero-order chi connectivity index (χ0) is 10.6. The molecule has 14 heavy (non-hydrogen) atoms. The minimum atomic E-state index is 0.872. The van der Waals surface area contributed by atoms with Crippen LogP contribution in [0.4, 0.5) is 0 Å². The van der Waals surface area contributed by atoms with E-state index in [0.29, 0.717) is 0 Å². The molecule has 1 heteroatoms. The van der Waals surface area contributed by atoms with E-state index in [1.165, 1.54) is 5.56 Å². The second kappa shape index (κ2) is 4.66. The third-order valence-corrected chi connectivity index (χ3v) is 2.07. The van der Waals surface area contributed by atoms with Crippen LogP contribution in [0.25, 0.3) is 11.6 Å². The van der Waals surface area contributed by atoms with Gasteiger partial charge in [0, 0.05) is 0 Å². The highest BCUT2D eigenvalue weighted by molar-refractivity contribution is 5.72. The molecule has 0 amide bonds. The first-order valence-electron chi connectivity index (χ1n) is 4.65. The van der Waals surface area contributed by atoms with Gasteiger partial charge in [0.15, 0.2) is 0 Å². The maximum atomic E-state index is 5.17. The summed E-state index contributed by atoms with van der Waals surface area (Å²) in [6.45, 7) is 7.96. The minimum Gasteiger partial charge on any atom is -0.497 e. The first kappa shape index (κ1) is 10.6. The predicted octanol–water partition coefficient (Wildman–Crippen LogP) is 3.76. The van der Waals surface area contributed by atoms with Crippen LogP contribution in [0.5, 0.6) is 5.75 Å². The average molecular weight is 188 g/mol. The van der Waals surface area contributed by atoms with Crippen LogP contribution >= 0.6 is 0 Å². The third-order valence-electron chi connectivity index (χ3n) is 2.07. The van der Waals surface area contributed by atoms with Crippen LogP contribution in [0.1, 0.15) is 25.0 Å². The summed E-state index contributed by atoms with van der Waals surface area (Å²) in [6, 6.07) is 6.02. The number of allylic oxidation sites excluding steroid dienone is 2. The summed E-state index contributed by atoms with van der Waals surface area (Å²) in [5, 5.41) is 0. The van der Waals surface area contributed by atoms with Gasteiger partial charge in [0.05, 0.1) is 7.11 Å². The van der Waals surface area contributed by atoms with Crippen LogP contribution in [0.2, 0.25) is 0 Å². The van der Waals surface area contributed by atoms with Crippen LogP contribution in [0.15, 0.2) is 30.9 Å². The van der Waals surface area contributed by atoms with Gasteiger partial charge in [0.1, 0.15) is 5.75 Å². The Balaban J connectivity index is 3.23. The second-order valence-electron chi connectivity index (χ2n) is 3.23. The molecule has 0 aliphatic heterocycles. The molecule has 1 rings (SSSR count). The molecule has 1 aromatic carbocycles. The number of ether oxygens (including phenoxy) is 1. The smallest absolute Gasteiger partial charge is 0.119 e. The van der Waals surface area contributed by atoms with Crippen LogP contribution in [0.3, 0.4) is 0 Å². The van der Waals surface area contributed by atoms with E-state index in [0.717, 1.165) is 16.9 Å². The zero-order valence-electron chi connectivity index (χ0n) is 9.00. The monoisotopic (exact) mass is 188 g/mol. The SMILES string of the molecule is C=C(C)c1cc(OC)ccc1/C=C\C. The molecule has 0 heterocycles. The highest BCUT2D eigenvalue weighted by Gasteiger charge is 2.01. The first-order chi connectivity index (χ1) is 6.69. The second-order valence-corrected chi connectivity index (χ2v) is 3.23. The number of methoxy groups -OCH3 is 1. The van der Waals surface area contributed by atoms with Crippen LogP contribution < -0.4 is 4.74 Å². The van der Waals surface area contributed by atoms with E-state index in [1.807, 2.05) is 38.1 Å². The molecule has 0 saturated carbocycles. The van der Waals surface area contributed by atoms with Gasteiger partial charge >= 0.3 is 0 Å². The van der Waals surface area contributed by atoms with Crippen molar-refractivity contribution in [2.45, 2.75) is 13.8 Å². The van der Waals surface area contributed by atoms with Gasteiger partial charge in [-0.1, -0.05) is 30.4 Å². The lowest BCUT2D eigenvalue weighted by molar-refractivity contribution is 0.414. The number of hydrogen-bond donors (Lipinski definition) is 0. The summed E-state index contributed by atoms with van der Waals surface area (Å²) in [5.74, 6) is 0.872. The summed E-state index contributed by atoms with van der Waals surface area (Å²) in [6.07, 6.45) is 4.09. The average Bonchev–Trinajstić information content (AvgIpc) is 2.18. The predicted molar refractivity (Wildman–Crippen MR) is 62.4 cm³/mol. The fourth-order valence-corrected chi connectivity index (χ4v) is 1.36. The van der Waals surface area contributed by atoms with Gasteiger partial charge in [-0.2, -0.15) is 0 Å². The zero-order valence-corrected chi connectivity index (χ0v) is 9.00. The Hall–Kier alpha value is -1.50. The quantitative estimate of drug-likeness (QED) is 0.701. The van der Waals surface area contributed by atoms with E-state index in [-0.39, 0.29) is 0 Å². The fraction of sp³-hybridized carbons (Fsp3) is 0.231. The Kier molecular flexibility index (Phi) is 3.52. The molecule has 0 radical (unpaired) electrons. The van der Waals surface area contributed by atoms with Crippen molar-refractivity contribution >= 4 is 11.6 Å². The van der Waals surface area contributed by atoms with Crippen molar-refractivity contribution in [3.8, 4) is 5.75 Å². The largest absolute Gasteiger partial charge is 0.497 e. The topological polar surface area (TPSA) is 9.23 Å². The van der Waals surface area contributed by atoms with Gasteiger partial charge in [0.2, 0.25) is 0 Å². The maximum absolute atomic E-state index is 5.17. The van der Waals surface area contributed by atoms with Crippen molar-refractivity contribution in [1.82, 2.24) is 0 Å². The Morgan fingerprint density at radius 2 is 2.14 bits per heavy atom.